The molecular weight excluding hydrogens is 368 g/mol. The summed E-state index contributed by atoms with van der Waals surface area (Å²) < 4.78 is 16.8. The summed E-state index contributed by atoms with van der Waals surface area (Å²) in [5.41, 5.74) is 3.44. The van der Waals surface area contributed by atoms with Crippen LogP contribution in [0.2, 0.25) is 0 Å². The molecule has 0 N–H and O–H groups in total. The van der Waals surface area contributed by atoms with E-state index in [0.29, 0.717) is 19.9 Å². The van der Waals surface area contributed by atoms with E-state index < -0.39 is 6.10 Å². The number of carbonyl (C=O) groups is 1. The molecule has 0 bridgehead atoms. The number of aryl methyl sites for hydroxylation is 2. The van der Waals surface area contributed by atoms with Crippen LogP contribution in [0.5, 0.6) is 17.2 Å². The standard InChI is InChI=1S/C23H28N2O4/c1-16-4-6-20(17(2)12-16)29-18(3)23(26)25-10-8-24(9-11-25)14-19-5-7-21-22(13-19)28-15-27-21/h4-7,12-13,18H,8-11,14-15H2,1-3H3/t18-/m0/s1. The predicted octanol–water partition coefficient (Wildman–Crippen LogP) is 3.14. The van der Waals surface area contributed by atoms with Gasteiger partial charge in [-0.05, 0) is 50.1 Å². The third kappa shape index (κ3) is 4.48. The number of nitrogens with zero attached hydrogens (tertiary/aromatic N) is 2. The summed E-state index contributed by atoms with van der Waals surface area (Å²) in [7, 11) is 0. The van der Waals surface area contributed by atoms with Crippen LogP contribution in [0, 0.1) is 13.8 Å². The second-order valence-electron chi connectivity index (χ2n) is 7.82. The monoisotopic (exact) mass is 396 g/mol. The lowest BCUT2D eigenvalue weighted by Gasteiger charge is -2.36. The second-order valence-corrected chi connectivity index (χ2v) is 7.82. The second kappa shape index (κ2) is 8.33. The van der Waals surface area contributed by atoms with E-state index in [1.165, 1.54) is 11.1 Å². The van der Waals surface area contributed by atoms with E-state index in [9.17, 15) is 4.79 Å². The first-order chi connectivity index (χ1) is 14.0. The first-order valence-electron chi connectivity index (χ1n) is 10.1. The Bertz CT molecular complexity index is 890. The van der Waals surface area contributed by atoms with Crippen LogP contribution in [0.3, 0.4) is 0 Å². The zero-order valence-electron chi connectivity index (χ0n) is 17.3. The molecule has 0 saturated carbocycles. The van der Waals surface area contributed by atoms with Crippen LogP contribution in [-0.2, 0) is 11.3 Å². The van der Waals surface area contributed by atoms with Gasteiger partial charge in [0.25, 0.3) is 5.91 Å². The Morgan fingerprint density at radius 2 is 1.79 bits per heavy atom. The lowest BCUT2D eigenvalue weighted by Crippen LogP contribution is -2.51. The molecule has 2 aromatic rings. The van der Waals surface area contributed by atoms with E-state index in [2.05, 4.69) is 24.0 Å². The van der Waals surface area contributed by atoms with Gasteiger partial charge < -0.3 is 19.1 Å². The Morgan fingerprint density at radius 3 is 2.55 bits per heavy atom. The van der Waals surface area contributed by atoms with Gasteiger partial charge in [0.1, 0.15) is 5.75 Å². The third-order valence-corrected chi connectivity index (χ3v) is 5.51. The van der Waals surface area contributed by atoms with E-state index in [1.807, 2.05) is 43.0 Å². The number of fused-ring (bicyclic) bond motifs is 1. The summed E-state index contributed by atoms with van der Waals surface area (Å²) in [6, 6.07) is 12.1. The fourth-order valence-electron chi connectivity index (χ4n) is 3.85. The molecule has 0 aromatic heterocycles. The highest BCUT2D eigenvalue weighted by Crippen LogP contribution is 2.32. The van der Waals surface area contributed by atoms with E-state index >= 15 is 0 Å². The Hall–Kier alpha value is -2.73. The number of hydrogen-bond acceptors (Lipinski definition) is 5. The molecular formula is C23H28N2O4. The van der Waals surface area contributed by atoms with Gasteiger partial charge in [0.15, 0.2) is 17.6 Å². The highest BCUT2D eigenvalue weighted by atomic mass is 16.7. The molecule has 29 heavy (non-hydrogen) atoms. The average molecular weight is 396 g/mol. The van der Waals surface area contributed by atoms with Crippen molar-refractivity contribution in [1.29, 1.82) is 0 Å². The maximum atomic E-state index is 12.8. The Labute approximate surface area is 172 Å². The van der Waals surface area contributed by atoms with Crippen molar-refractivity contribution in [2.75, 3.05) is 33.0 Å². The Morgan fingerprint density at radius 1 is 1.03 bits per heavy atom. The molecule has 1 atom stereocenters. The lowest BCUT2D eigenvalue weighted by atomic mass is 10.1. The minimum absolute atomic E-state index is 0.0488. The van der Waals surface area contributed by atoms with Crippen LogP contribution < -0.4 is 14.2 Å². The van der Waals surface area contributed by atoms with Crippen LogP contribution in [0.4, 0.5) is 0 Å². The minimum atomic E-state index is -0.489. The number of hydrogen-bond donors (Lipinski definition) is 0. The van der Waals surface area contributed by atoms with Crippen molar-refractivity contribution in [2.45, 2.75) is 33.4 Å². The van der Waals surface area contributed by atoms with Crippen molar-refractivity contribution in [2.24, 2.45) is 0 Å². The highest BCUT2D eigenvalue weighted by Gasteiger charge is 2.26. The SMILES string of the molecule is Cc1ccc(O[C@@H](C)C(=O)N2CCN(Cc3ccc4c(c3)OCO4)CC2)c(C)c1. The number of benzene rings is 2. The lowest BCUT2D eigenvalue weighted by molar-refractivity contribution is -0.139. The fourth-order valence-corrected chi connectivity index (χ4v) is 3.85. The van der Waals surface area contributed by atoms with Gasteiger partial charge in [0.05, 0.1) is 0 Å². The zero-order valence-corrected chi connectivity index (χ0v) is 17.3. The van der Waals surface area contributed by atoms with Crippen LogP contribution >= 0.6 is 0 Å². The van der Waals surface area contributed by atoms with Crippen LogP contribution in [0.25, 0.3) is 0 Å². The molecule has 1 fully saturated rings. The van der Waals surface area contributed by atoms with Gasteiger partial charge in [-0.3, -0.25) is 9.69 Å². The molecule has 0 unspecified atom stereocenters. The van der Waals surface area contributed by atoms with Crippen molar-refractivity contribution in [1.82, 2.24) is 9.80 Å². The third-order valence-electron chi connectivity index (χ3n) is 5.51. The smallest absolute Gasteiger partial charge is 0.263 e. The van der Waals surface area contributed by atoms with E-state index in [4.69, 9.17) is 14.2 Å². The van der Waals surface area contributed by atoms with Gasteiger partial charge in [-0.15, -0.1) is 0 Å². The number of piperazine rings is 1. The fraction of sp³-hybridized carbons (Fsp3) is 0.435. The summed E-state index contributed by atoms with van der Waals surface area (Å²) in [4.78, 5) is 17.1. The van der Waals surface area contributed by atoms with Crippen molar-refractivity contribution in [3.8, 4) is 17.2 Å². The molecule has 4 rings (SSSR count). The highest BCUT2D eigenvalue weighted by molar-refractivity contribution is 5.81. The molecule has 1 saturated heterocycles. The summed E-state index contributed by atoms with van der Waals surface area (Å²) in [6.07, 6.45) is -0.489. The van der Waals surface area contributed by atoms with Crippen LogP contribution in [0.1, 0.15) is 23.6 Å². The molecule has 2 heterocycles. The molecule has 0 radical (unpaired) electrons. The van der Waals surface area contributed by atoms with Gasteiger partial charge in [-0.2, -0.15) is 0 Å². The van der Waals surface area contributed by atoms with Crippen molar-refractivity contribution in [3.05, 3.63) is 53.1 Å². The molecule has 6 nitrogen and oxygen atoms in total. The van der Waals surface area contributed by atoms with Crippen LogP contribution in [-0.4, -0.2) is 54.8 Å². The average Bonchev–Trinajstić information content (AvgIpc) is 3.18. The van der Waals surface area contributed by atoms with Gasteiger partial charge in [0.2, 0.25) is 6.79 Å². The molecule has 0 aliphatic carbocycles. The normalized spacial score (nSPS) is 17.3. The molecule has 6 heteroatoms. The zero-order chi connectivity index (χ0) is 20.4. The maximum Gasteiger partial charge on any atom is 0.263 e. The van der Waals surface area contributed by atoms with E-state index in [1.54, 1.807) is 0 Å². The van der Waals surface area contributed by atoms with Crippen LogP contribution in [0.15, 0.2) is 36.4 Å². The Balaban J connectivity index is 1.29. The van der Waals surface area contributed by atoms with E-state index in [0.717, 1.165) is 42.4 Å². The largest absolute Gasteiger partial charge is 0.481 e. The molecule has 2 aliphatic heterocycles. The van der Waals surface area contributed by atoms with Gasteiger partial charge in [-0.25, -0.2) is 0 Å². The van der Waals surface area contributed by atoms with Crippen molar-refractivity contribution >= 4 is 5.91 Å². The number of rotatable bonds is 5. The maximum absolute atomic E-state index is 12.8. The van der Waals surface area contributed by atoms with Gasteiger partial charge >= 0.3 is 0 Å². The summed E-state index contributed by atoms with van der Waals surface area (Å²) >= 11 is 0. The number of amides is 1. The first-order valence-corrected chi connectivity index (χ1v) is 10.1. The molecule has 154 valence electrons. The molecule has 0 spiro atoms. The van der Waals surface area contributed by atoms with Gasteiger partial charge in [-0.1, -0.05) is 23.8 Å². The predicted molar refractivity (Wildman–Crippen MR) is 110 cm³/mol. The summed E-state index contributed by atoms with van der Waals surface area (Å²) in [5.74, 6) is 2.45. The van der Waals surface area contributed by atoms with Gasteiger partial charge in [0, 0.05) is 32.7 Å². The Kier molecular flexibility index (Phi) is 5.62. The van der Waals surface area contributed by atoms with E-state index in [-0.39, 0.29) is 5.91 Å². The first kappa shape index (κ1) is 19.6. The quantitative estimate of drug-likeness (QED) is 0.777. The van der Waals surface area contributed by atoms with Crippen molar-refractivity contribution < 1.29 is 19.0 Å². The number of ether oxygens (including phenoxy) is 3. The minimum Gasteiger partial charge on any atom is -0.481 e. The van der Waals surface area contributed by atoms with Crippen molar-refractivity contribution in [3.63, 3.8) is 0 Å². The number of carbonyl (C=O) groups excluding carboxylic acids is 1. The summed E-state index contributed by atoms with van der Waals surface area (Å²) in [6.45, 7) is 10.1. The topological polar surface area (TPSA) is 51.2 Å². The molecule has 1 amide bonds. The summed E-state index contributed by atoms with van der Waals surface area (Å²) in [5, 5.41) is 0. The molecule has 2 aliphatic rings. The molecule has 2 aromatic carbocycles.